The quantitative estimate of drug-likeness (QED) is 0.800. The molecule has 134 valence electrons. The van der Waals surface area contributed by atoms with Crippen LogP contribution < -0.4 is 11.1 Å². The van der Waals surface area contributed by atoms with E-state index in [-0.39, 0.29) is 17.3 Å². The van der Waals surface area contributed by atoms with Crippen LogP contribution in [0.25, 0.3) is 0 Å². The molecule has 1 saturated heterocycles. The van der Waals surface area contributed by atoms with E-state index < -0.39 is 15.6 Å². The molecule has 0 radical (unpaired) electrons. The van der Waals surface area contributed by atoms with Crippen molar-refractivity contribution in [3.8, 4) is 0 Å². The molecule has 0 spiro atoms. The van der Waals surface area contributed by atoms with E-state index in [1.165, 1.54) is 10.4 Å². The maximum Gasteiger partial charge on any atom is 0.251 e. The van der Waals surface area contributed by atoms with Crippen molar-refractivity contribution in [3.63, 3.8) is 0 Å². The molecule has 3 N–H and O–H groups in total. The number of sulfonamides is 1. The number of aryl methyl sites for hydroxylation is 1. The van der Waals surface area contributed by atoms with Gasteiger partial charge in [-0.1, -0.05) is 6.07 Å². The third-order valence-electron chi connectivity index (χ3n) is 4.00. The highest BCUT2D eigenvalue weighted by Crippen LogP contribution is 2.22. The summed E-state index contributed by atoms with van der Waals surface area (Å²) < 4.78 is 32.3. The van der Waals surface area contributed by atoms with Crippen molar-refractivity contribution >= 4 is 15.9 Å². The van der Waals surface area contributed by atoms with Gasteiger partial charge in [-0.3, -0.25) is 4.79 Å². The Morgan fingerprint density at radius 3 is 2.54 bits per heavy atom. The fourth-order valence-corrected chi connectivity index (χ4v) is 4.03. The zero-order valence-electron chi connectivity index (χ0n) is 14.3. The van der Waals surface area contributed by atoms with Crippen molar-refractivity contribution < 1.29 is 17.9 Å². The normalized spacial score (nSPS) is 16.8. The molecule has 0 unspecified atom stereocenters. The topological polar surface area (TPSA) is 102 Å². The van der Waals surface area contributed by atoms with Crippen LogP contribution in [0, 0.1) is 6.92 Å². The molecule has 8 heteroatoms. The van der Waals surface area contributed by atoms with Crippen LogP contribution in [-0.2, 0) is 14.8 Å². The van der Waals surface area contributed by atoms with Crippen molar-refractivity contribution in [3.05, 3.63) is 29.3 Å². The molecule has 7 nitrogen and oxygen atoms in total. The summed E-state index contributed by atoms with van der Waals surface area (Å²) in [7, 11) is -3.65. The Hall–Kier alpha value is -1.48. The third kappa shape index (κ3) is 4.13. The average Bonchev–Trinajstić information content (AvgIpc) is 2.55. The molecule has 1 aromatic carbocycles. The summed E-state index contributed by atoms with van der Waals surface area (Å²) in [6.45, 7) is 7.01. The van der Waals surface area contributed by atoms with Crippen LogP contribution in [0.1, 0.15) is 29.8 Å². The lowest BCUT2D eigenvalue weighted by molar-refractivity contribution is 0.0730. The summed E-state index contributed by atoms with van der Waals surface area (Å²) in [6.07, 6.45) is 0. The predicted octanol–water partition coefficient (Wildman–Crippen LogP) is 0.483. The molecule has 1 aliphatic heterocycles. The van der Waals surface area contributed by atoms with Crippen molar-refractivity contribution in [1.82, 2.24) is 9.62 Å². The van der Waals surface area contributed by atoms with Gasteiger partial charge in [-0.2, -0.15) is 4.31 Å². The molecule has 1 aliphatic rings. The zero-order chi connectivity index (χ0) is 18.0. The van der Waals surface area contributed by atoms with Gasteiger partial charge in [-0.15, -0.1) is 0 Å². The van der Waals surface area contributed by atoms with Crippen molar-refractivity contribution in [2.24, 2.45) is 5.73 Å². The van der Waals surface area contributed by atoms with Gasteiger partial charge in [0, 0.05) is 30.7 Å². The number of rotatable bonds is 5. The van der Waals surface area contributed by atoms with E-state index in [4.69, 9.17) is 10.5 Å². The molecule has 1 fully saturated rings. The molecule has 0 aliphatic carbocycles. The molecule has 1 heterocycles. The van der Waals surface area contributed by atoms with Gasteiger partial charge in [0.05, 0.1) is 18.1 Å². The standard InChI is InChI=1S/C16H25N3O4S/c1-12-4-5-13(15(20)18-16(2,3)11-17)10-14(12)24(21,22)19-6-8-23-9-7-19/h4-5,10H,6-9,11,17H2,1-3H3,(H,18,20). The maximum atomic E-state index is 12.8. The molecule has 0 aromatic heterocycles. The van der Waals surface area contributed by atoms with Crippen LogP contribution in [-0.4, -0.2) is 57.0 Å². The van der Waals surface area contributed by atoms with Crippen LogP contribution >= 0.6 is 0 Å². The predicted molar refractivity (Wildman–Crippen MR) is 91.4 cm³/mol. The summed E-state index contributed by atoms with van der Waals surface area (Å²) in [6, 6.07) is 4.70. The first-order chi connectivity index (χ1) is 11.2. The van der Waals surface area contributed by atoms with Crippen molar-refractivity contribution in [2.75, 3.05) is 32.8 Å². The Bertz CT molecular complexity index is 710. The third-order valence-corrected chi connectivity index (χ3v) is 6.04. The van der Waals surface area contributed by atoms with Gasteiger partial charge in [-0.25, -0.2) is 8.42 Å². The second-order valence-electron chi connectivity index (χ2n) is 6.54. The Morgan fingerprint density at radius 1 is 1.33 bits per heavy atom. The minimum atomic E-state index is -3.65. The number of carbonyl (C=O) groups is 1. The fraction of sp³-hybridized carbons (Fsp3) is 0.562. The first kappa shape index (κ1) is 18.9. The van der Waals surface area contributed by atoms with Gasteiger partial charge in [0.1, 0.15) is 0 Å². The van der Waals surface area contributed by atoms with Crippen molar-refractivity contribution in [1.29, 1.82) is 0 Å². The SMILES string of the molecule is Cc1ccc(C(=O)NC(C)(C)CN)cc1S(=O)(=O)N1CCOCC1. The number of hydrogen-bond acceptors (Lipinski definition) is 5. The van der Waals surface area contributed by atoms with Gasteiger partial charge in [0.15, 0.2) is 0 Å². The first-order valence-electron chi connectivity index (χ1n) is 7.88. The molecular weight excluding hydrogens is 330 g/mol. The number of nitrogens with zero attached hydrogens (tertiary/aromatic N) is 1. The molecule has 0 atom stereocenters. The van der Waals surface area contributed by atoms with E-state index >= 15 is 0 Å². The Labute approximate surface area is 143 Å². The van der Waals surface area contributed by atoms with Gasteiger partial charge < -0.3 is 15.8 Å². The highest BCUT2D eigenvalue weighted by atomic mass is 32.2. The lowest BCUT2D eigenvalue weighted by Crippen LogP contribution is -2.48. The number of carbonyl (C=O) groups excluding carboxylic acids is 1. The number of amides is 1. The number of nitrogens with two attached hydrogens (primary N) is 1. The second-order valence-corrected chi connectivity index (χ2v) is 8.45. The smallest absolute Gasteiger partial charge is 0.251 e. The van der Waals surface area contributed by atoms with Gasteiger partial charge in [0.25, 0.3) is 5.91 Å². The molecule has 0 saturated carbocycles. The van der Waals surface area contributed by atoms with Gasteiger partial charge in [0.2, 0.25) is 10.0 Å². The van der Waals surface area contributed by atoms with E-state index in [1.54, 1.807) is 19.1 Å². The number of nitrogens with one attached hydrogen (secondary N) is 1. The fourth-order valence-electron chi connectivity index (χ4n) is 2.38. The van der Waals surface area contributed by atoms with Crippen LogP contribution in [0.2, 0.25) is 0 Å². The largest absolute Gasteiger partial charge is 0.379 e. The number of hydrogen-bond donors (Lipinski definition) is 2. The average molecular weight is 355 g/mol. The summed E-state index contributed by atoms with van der Waals surface area (Å²) in [5, 5.41) is 2.81. The molecule has 1 amide bonds. The van der Waals surface area contributed by atoms with Crippen LogP contribution in [0.3, 0.4) is 0 Å². The minimum Gasteiger partial charge on any atom is -0.379 e. The van der Waals surface area contributed by atoms with Crippen LogP contribution in [0.5, 0.6) is 0 Å². The maximum absolute atomic E-state index is 12.8. The molecular formula is C16H25N3O4S. The lowest BCUT2D eigenvalue weighted by atomic mass is 10.0. The first-order valence-corrected chi connectivity index (χ1v) is 9.32. The summed E-state index contributed by atoms with van der Waals surface area (Å²) in [5.41, 5.74) is 5.97. The van der Waals surface area contributed by atoms with Gasteiger partial charge in [-0.05, 0) is 38.5 Å². The van der Waals surface area contributed by atoms with E-state index in [9.17, 15) is 13.2 Å². The second kappa shape index (κ2) is 7.18. The summed E-state index contributed by atoms with van der Waals surface area (Å²) in [4.78, 5) is 12.5. The Kier molecular flexibility index (Phi) is 5.64. The van der Waals surface area contributed by atoms with Crippen molar-refractivity contribution in [2.45, 2.75) is 31.2 Å². The van der Waals surface area contributed by atoms with Crippen LogP contribution in [0.4, 0.5) is 0 Å². The summed E-state index contributed by atoms with van der Waals surface area (Å²) in [5.74, 6) is -0.344. The highest BCUT2D eigenvalue weighted by molar-refractivity contribution is 7.89. The number of morpholine rings is 1. The molecule has 24 heavy (non-hydrogen) atoms. The monoisotopic (exact) mass is 355 g/mol. The Balaban J connectivity index is 2.33. The highest BCUT2D eigenvalue weighted by Gasteiger charge is 2.29. The molecule has 2 rings (SSSR count). The van der Waals surface area contributed by atoms with E-state index in [0.29, 0.717) is 37.4 Å². The minimum absolute atomic E-state index is 0.155. The number of benzene rings is 1. The van der Waals surface area contributed by atoms with Crippen LogP contribution in [0.15, 0.2) is 23.1 Å². The van der Waals surface area contributed by atoms with Gasteiger partial charge >= 0.3 is 0 Å². The zero-order valence-corrected chi connectivity index (χ0v) is 15.1. The van der Waals surface area contributed by atoms with E-state index in [2.05, 4.69) is 5.32 Å². The van der Waals surface area contributed by atoms with E-state index in [1.807, 2.05) is 13.8 Å². The molecule has 1 aromatic rings. The number of ether oxygens (including phenoxy) is 1. The summed E-state index contributed by atoms with van der Waals surface area (Å²) >= 11 is 0. The Morgan fingerprint density at radius 2 is 1.96 bits per heavy atom. The molecule has 0 bridgehead atoms. The lowest BCUT2D eigenvalue weighted by Gasteiger charge is -2.27. The van der Waals surface area contributed by atoms with E-state index in [0.717, 1.165) is 0 Å².